The van der Waals surface area contributed by atoms with E-state index in [0.717, 1.165) is 33.9 Å². The number of benzene rings is 2. The number of hydrogen-bond donors (Lipinski definition) is 1. The normalized spacial score (nSPS) is 10.8. The number of rotatable bonds is 6. The number of non-ortho nitro benzene ring substituents is 1. The second-order valence-corrected chi connectivity index (χ2v) is 7.29. The van der Waals surface area contributed by atoms with Gasteiger partial charge in [-0.2, -0.15) is 5.10 Å². The highest BCUT2D eigenvalue weighted by Gasteiger charge is 2.11. The van der Waals surface area contributed by atoms with Gasteiger partial charge in [0.15, 0.2) is 6.61 Å². The number of hydrogen-bond acceptors (Lipinski definition) is 6. The van der Waals surface area contributed by atoms with Crippen LogP contribution in [-0.4, -0.2) is 23.7 Å². The second kappa shape index (κ2) is 8.96. The number of nitro benzene ring substituents is 1. The molecule has 0 aliphatic heterocycles. The van der Waals surface area contributed by atoms with Crippen LogP contribution in [0, 0.1) is 24.0 Å². The lowest BCUT2D eigenvalue weighted by Gasteiger charge is -2.12. The second-order valence-electron chi connectivity index (χ2n) is 5.58. The molecule has 1 amide bonds. The van der Waals surface area contributed by atoms with Crippen molar-refractivity contribution in [3.63, 3.8) is 0 Å². The smallest absolute Gasteiger partial charge is 0.277 e. The van der Waals surface area contributed by atoms with E-state index in [2.05, 4.69) is 42.4 Å². The van der Waals surface area contributed by atoms with Gasteiger partial charge in [0.05, 0.1) is 15.6 Å². The van der Waals surface area contributed by atoms with Crippen molar-refractivity contribution in [2.75, 3.05) is 6.61 Å². The summed E-state index contributed by atoms with van der Waals surface area (Å²) in [6.45, 7) is 3.52. The van der Waals surface area contributed by atoms with E-state index in [1.165, 1.54) is 0 Å². The Hall–Kier alpha value is -2.46. The first kappa shape index (κ1) is 20.8. The maximum atomic E-state index is 11.9. The molecule has 0 saturated carbocycles. The fourth-order valence-electron chi connectivity index (χ4n) is 2.23. The molecule has 27 heavy (non-hydrogen) atoms. The van der Waals surface area contributed by atoms with Gasteiger partial charge in [-0.15, -0.1) is 0 Å². The van der Waals surface area contributed by atoms with E-state index in [-0.39, 0.29) is 22.3 Å². The minimum atomic E-state index is -0.629. The largest absolute Gasteiger partial charge is 0.871 e. The SMILES string of the molecule is Cc1cc(C)c(OCC(=O)N/N=C\c2cc([N+](=O)[O-])cc(Br)c2[O-])c(Br)c1. The van der Waals surface area contributed by atoms with Crippen molar-refractivity contribution >= 4 is 49.7 Å². The quantitative estimate of drug-likeness (QED) is 0.371. The van der Waals surface area contributed by atoms with Crippen LogP contribution < -0.4 is 15.3 Å². The molecule has 0 bridgehead atoms. The Morgan fingerprint density at radius 3 is 2.59 bits per heavy atom. The molecule has 0 radical (unpaired) electrons. The highest BCUT2D eigenvalue weighted by molar-refractivity contribution is 9.10. The van der Waals surface area contributed by atoms with Crippen LogP contribution in [0.2, 0.25) is 0 Å². The standard InChI is InChI=1S/C17H15Br2N3O5/c1-9-3-10(2)17(14(19)4-9)27-8-15(23)21-20-7-11-5-12(22(25)26)6-13(18)16(11)24/h3-7,24H,8H2,1-2H3,(H,21,23)/p-1/b20-7-. The predicted octanol–water partition coefficient (Wildman–Crippen LogP) is 3.34. The van der Waals surface area contributed by atoms with Crippen LogP contribution in [0.1, 0.15) is 16.7 Å². The highest BCUT2D eigenvalue weighted by atomic mass is 79.9. The first-order chi connectivity index (χ1) is 12.7. The van der Waals surface area contributed by atoms with Crippen molar-refractivity contribution in [2.24, 2.45) is 5.10 Å². The molecule has 2 rings (SSSR count). The molecule has 8 nitrogen and oxygen atoms in total. The summed E-state index contributed by atoms with van der Waals surface area (Å²) in [4.78, 5) is 22.1. The van der Waals surface area contributed by atoms with Crippen molar-refractivity contribution in [3.05, 3.63) is 60.0 Å². The molecule has 2 aromatic rings. The Kier molecular flexibility index (Phi) is 6.92. The van der Waals surface area contributed by atoms with Gasteiger partial charge in [0, 0.05) is 16.6 Å². The van der Waals surface area contributed by atoms with Gasteiger partial charge in [-0.05, 0) is 52.5 Å². The lowest BCUT2D eigenvalue weighted by atomic mass is 10.1. The molecular weight excluding hydrogens is 486 g/mol. The number of nitro groups is 1. The summed E-state index contributed by atoms with van der Waals surface area (Å²) in [5.74, 6) is -0.478. The van der Waals surface area contributed by atoms with Gasteiger partial charge in [0.1, 0.15) is 5.75 Å². The Balaban J connectivity index is 2.01. The molecule has 0 heterocycles. The van der Waals surface area contributed by atoms with Gasteiger partial charge in [-0.25, -0.2) is 5.43 Å². The molecule has 10 heteroatoms. The van der Waals surface area contributed by atoms with Crippen LogP contribution >= 0.6 is 31.9 Å². The maximum absolute atomic E-state index is 11.9. The zero-order valence-corrected chi connectivity index (χ0v) is 17.5. The number of nitrogens with one attached hydrogen (secondary N) is 1. The topological polar surface area (TPSA) is 117 Å². The summed E-state index contributed by atoms with van der Waals surface area (Å²) in [5.41, 5.74) is 3.84. The molecule has 1 N–H and O–H groups in total. The van der Waals surface area contributed by atoms with Gasteiger partial charge in [0.25, 0.3) is 11.6 Å². The van der Waals surface area contributed by atoms with Crippen molar-refractivity contribution in [2.45, 2.75) is 13.8 Å². The van der Waals surface area contributed by atoms with E-state index in [1.807, 2.05) is 26.0 Å². The molecule has 0 aliphatic carbocycles. The molecule has 0 unspecified atom stereocenters. The van der Waals surface area contributed by atoms with E-state index in [4.69, 9.17) is 4.74 Å². The van der Waals surface area contributed by atoms with Crippen molar-refractivity contribution < 1.29 is 19.6 Å². The number of ether oxygens (including phenoxy) is 1. The third-order valence-electron chi connectivity index (χ3n) is 3.38. The van der Waals surface area contributed by atoms with Crippen LogP contribution in [0.4, 0.5) is 5.69 Å². The van der Waals surface area contributed by atoms with E-state index in [9.17, 15) is 20.0 Å². The third-order valence-corrected chi connectivity index (χ3v) is 4.56. The van der Waals surface area contributed by atoms with Gasteiger partial charge >= 0.3 is 0 Å². The number of nitrogens with zero attached hydrogens (tertiary/aromatic N) is 2. The Morgan fingerprint density at radius 1 is 1.26 bits per heavy atom. The molecule has 2 aromatic carbocycles. The lowest BCUT2D eigenvalue weighted by molar-refractivity contribution is -0.385. The minimum Gasteiger partial charge on any atom is -0.871 e. The van der Waals surface area contributed by atoms with Crippen molar-refractivity contribution in [1.82, 2.24) is 5.43 Å². The summed E-state index contributed by atoms with van der Waals surface area (Å²) in [7, 11) is 0. The zero-order chi connectivity index (χ0) is 20.1. The summed E-state index contributed by atoms with van der Waals surface area (Å²) < 4.78 is 6.25. The molecule has 0 aliphatic rings. The van der Waals surface area contributed by atoms with Crippen molar-refractivity contribution in [3.8, 4) is 11.5 Å². The van der Waals surface area contributed by atoms with Gasteiger partial charge in [-0.1, -0.05) is 27.7 Å². The molecule has 142 valence electrons. The van der Waals surface area contributed by atoms with E-state index in [1.54, 1.807) is 0 Å². The molecule has 0 saturated heterocycles. The molecule has 0 atom stereocenters. The maximum Gasteiger partial charge on any atom is 0.277 e. The monoisotopic (exact) mass is 498 g/mol. The zero-order valence-electron chi connectivity index (χ0n) is 14.3. The first-order valence-corrected chi connectivity index (χ1v) is 9.14. The Labute approximate surface area is 171 Å². The fourth-order valence-corrected chi connectivity index (χ4v) is 3.48. The van der Waals surface area contributed by atoms with Crippen LogP contribution in [0.5, 0.6) is 11.5 Å². The number of hydrazone groups is 1. The van der Waals surface area contributed by atoms with Gasteiger partial charge in [0.2, 0.25) is 0 Å². The lowest BCUT2D eigenvalue weighted by Crippen LogP contribution is -2.25. The van der Waals surface area contributed by atoms with Crippen LogP contribution in [0.3, 0.4) is 0 Å². The minimum absolute atomic E-state index is 0.0329. The van der Waals surface area contributed by atoms with Gasteiger partial charge < -0.3 is 9.84 Å². The van der Waals surface area contributed by atoms with E-state index >= 15 is 0 Å². The van der Waals surface area contributed by atoms with E-state index < -0.39 is 16.6 Å². The number of aryl methyl sites for hydroxylation is 2. The van der Waals surface area contributed by atoms with Crippen LogP contribution in [0.15, 0.2) is 38.3 Å². The molecular formula is C17H14Br2N3O5-. The number of carbonyl (C=O) groups excluding carboxylic acids is 1. The average Bonchev–Trinajstić information content (AvgIpc) is 2.57. The third kappa shape index (κ3) is 5.51. The predicted molar refractivity (Wildman–Crippen MR) is 105 cm³/mol. The highest BCUT2D eigenvalue weighted by Crippen LogP contribution is 2.30. The summed E-state index contributed by atoms with van der Waals surface area (Å²) in [5, 5.41) is 26.4. The van der Waals surface area contributed by atoms with E-state index in [0.29, 0.717) is 5.75 Å². The molecule has 0 aromatic heterocycles. The Bertz CT molecular complexity index is 908. The number of halogens is 2. The first-order valence-electron chi connectivity index (χ1n) is 7.55. The van der Waals surface area contributed by atoms with Crippen LogP contribution in [-0.2, 0) is 4.79 Å². The Morgan fingerprint density at radius 2 is 1.96 bits per heavy atom. The fraction of sp³-hybridized carbons (Fsp3) is 0.176. The summed E-state index contributed by atoms with van der Waals surface area (Å²) in [6.07, 6.45) is 1.05. The average molecular weight is 500 g/mol. The number of amides is 1. The van der Waals surface area contributed by atoms with Gasteiger partial charge in [-0.3, -0.25) is 14.9 Å². The number of carbonyl (C=O) groups is 1. The van der Waals surface area contributed by atoms with Crippen molar-refractivity contribution in [1.29, 1.82) is 0 Å². The molecule has 0 spiro atoms. The summed E-state index contributed by atoms with van der Waals surface area (Å²) >= 11 is 6.35. The summed E-state index contributed by atoms with van der Waals surface area (Å²) in [6, 6.07) is 5.97. The molecule has 0 fully saturated rings. The van der Waals surface area contributed by atoms with Crippen LogP contribution in [0.25, 0.3) is 0 Å².